The maximum atomic E-state index is 10.0. The van der Waals surface area contributed by atoms with Crippen molar-refractivity contribution in [1.29, 1.82) is 0 Å². The molecular formula is C6H11NO. The van der Waals surface area contributed by atoms with Crippen molar-refractivity contribution in [2.24, 2.45) is 5.73 Å². The number of carbonyl (C=O) groups is 1. The summed E-state index contributed by atoms with van der Waals surface area (Å²) in [6.07, 6.45) is 5.17. The van der Waals surface area contributed by atoms with E-state index in [0.29, 0.717) is 0 Å². The number of carbonyl (C=O) groups excluding carboxylic acids is 1. The second-order valence-corrected chi connectivity index (χ2v) is 1.59. The van der Waals surface area contributed by atoms with E-state index >= 15 is 0 Å². The Morgan fingerprint density at radius 2 is 2.38 bits per heavy atom. The van der Waals surface area contributed by atoms with Gasteiger partial charge in [-0.2, -0.15) is 0 Å². The summed E-state index contributed by atoms with van der Waals surface area (Å²) in [6, 6.07) is 0. The van der Waals surface area contributed by atoms with E-state index in [1.54, 1.807) is 6.08 Å². The van der Waals surface area contributed by atoms with E-state index in [1.807, 2.05) is 6.92 Å². The molecule has 0 fully saturated rings. The number of nitrogens with two attached hydrogens (primary N) is 1. The summed E-state index contributed by atoms with van der Waals surface area (Å²) < 4.78 is 0. The minimum absolute atomic E-state index is 0.363. The van der Waals surface area contributed by atoms with Crippen LogP contribution in [0.4, 0.5) is 0 Å². The molecule has 0 aliphatic rings. The molecule has 2 nitrogen and oxygen atoms in total. The molecule has 0 aromatic rings. The predicted molar refractivity (Wildman–Crippen MR) is 33.2 cm³/mol. The van der Waals surface area contributed by atoms with E-state index in [-0.39, 0.29) is 5.91 Å². The minimum atomic E-state index is -0.363. The normalized spacial score (nSPS) is 10.1. The number of unbranched alkanes of at least 4 members (excludes halogenated alkanes) is 1. The summed E-state index contributed by atoms with van der Waals surface area (Å²) >= 11 is 0. The first-order valence-corrected chi connectivity index (χ1v) is 2.73. The van der Waals surface area contributed by atoms with Crippen LogP contribution in [0.1, 0.15) is 19.8 Å². The molecule has 0 aromatic heterocycles. The molecule has 46 valence electrons. The highest BCUT2D eigenvalue weighted by Gasteiger charge is 1.78. The number of amides is 1. The fraction of sp³-hybridized carbons (Fsp3) is 0.500. The SMILES string of the molecule is CCC/C=C/C(N)=O. The third-order valence-corrected chi connectivity index (χ3v) is 0.737. The largest absolute Gasteiger partial charge is 0.366 e. The van der Waals surface area contributed by atoms with Gasteiger partial charge in [0.25, 0.3) is 0 Å². The van der Waals surface area contributed by atoms with Crippen molar-refractivity contribution >= 4 is 5.91 Å². The molecule has 1 amide bonds. The van der Waals surface area contributed by atoms with Crippen molar-refractivity contribution in [2.45, 2.75) is 19.8 Å². The van der Waals surface area contributed by atoms with Gasteiger partial charge in [0.1, 0.15) is 0 Å². The zero-order valence-corrected chi connectivity index (χ0v) is 5.05. The maximum Gasteiger partial charge on any atom is 0.241 e. The lowest BCUT2D eigenvalue weighted by molar-refractivity contribution is -0.113. The first kappa shape index (κ1) is 7.21. The molecule has 0 aliphatic heterocycles. The summed E-state index contributed by atoms with van der Waals surface area (Å²) in [6.45, 7) is 2.05. The molecule has 0 atom stereocenters. The Morgan fingerprint density at radius 1 is 1.75 bits per heavy atom. The average molecular weight is 113 g/mol. The van der Waals surface area contributed by atoms with Gasteiger partial charge in [0.2, 0.25) is 5.91 Å². The van der Waals surface area contributed by atoms with Gasteiger partial charge in [-0.1, -0.05) is 19.4 Å². The second kappa shape index (κ2) is 4.37. The molecule has 0 spiro atoms. The molecular weight excluding hydrogens is 102 g/mol. The van der Waals surface area contributed by atoms with E-state index in [9.17, 15) is 4.79 Å². The van der Waals surface area contributed by atoms with Gasteiger partial charge in [0, 0.05) is 0 Å². The Morgan fingerprint density at radius 3 is 2.75 bits per heavy atom. The number of hydrogen-bond donors (Lipinski definition) is 1. The van der Waals surface area contributed by atoms with Gasteiger partial charge in [0.05, 0.1) is 0 Å². The minimum Gasteiger partial charge on any atom is -0.366 e. The molecule has 0 heterocycles. The molecule has 8 heavy (non-hydrogen) atoms. The van der Waals surface area contributed by atoms with Crippen LogP contribution >= 0.6 is 0 Å². The number of allylic oxidation sites excluding steroid dienone is 1. The van der Waals surface area contributed by atoms with Crippen LogP contribution in [0.25, 0.3) is 0 Å². The Bertz CT molecular complexity index is 96.7. The van der Waals surface area contributed by atoms with Gasteiger partial charge >= 0.3 is 0 Å². The second-order valence-electron chi connectivity index (χ2n) is 1.59. The van der Waals surface area contributed by atoms with Crippen LogP contribution in [0.2, 0.25) is 0 Å². The number of hydrogen-bond acceptors (Lipinski definition) is 1. The molecule has 2 N–H and O–H groups in total. The molecule has 0 saturated carbocycles. The van der Waals surface area contributed by atoms with Gasteiger partial charge in [-0.3, -0.25) is 4.79 Å². The van der Waals surface area contributed by atoms with E-state index in [4.69, 9.17) is 5.73 Å². The van der Waals surface area contributed by atoms with Crippen LogP contribution in [0.5, 0.6) is 0 Å². The van der Waals surface area contributed by atoms with Crippen LogP contribution in [-0.4, -0.2) is 5.91 Å². The summed E-state index contributed by atoms with van der Waals surface area (Å²) in [7, 11) is 0. The summed E-state index contributed by atoms with van der Waals surface area (Å²) in [5.74, 6) is -0.363. The zero-order valence-electron chi connectivity index (χ0n) is 5.05. The van der Waals surface area contributed by atoms with Crippen molar-refractivity contribution in [3.05, 3.63) is 12.2 Å². The van der Waals surface area contributed by atoms with Gasteiger partial charge in [-0.15, -0.1) is 0 Å². The molecule has 0 aromatic carbocycles. The molecule has 0 bridgehead atoms. The Balaban J connectivity index is 3.20. The lowest BCUT2D eigenvalue weighted by Gasteiger charge is -1.80. The Labute approximate surface area is 49.4 Å². The topological polar surface area (TPSA) is 43.1 Å². The van der Waals surface area contributed by atoms with Gasteiger partial charge in [-0.05, 0) is 12.5 Å². The molecule has 0 aliphatic carbocycles. The van der Waals surface area contributed by atoms with Crippen molar-refractivity contribution in [1.82, 2.24) is 0 Å². The van der Waals surface area contributed by atoms with E-state index in [1.165, 1.54) is 6.08 Å². The standard InChI is InChI=1S/C6H11NO/c1-2-3-4-5-6(7)8/h4-5H,2-3H2,1H3,(H2,7,8)/b5-4+. The maximum absolute atomic E-state index is 10.0. The average Bonchev–Trinajstić information content (AvgIpc) is 1.66. The van der Waals surface area contributed by atoms with Crippen molar-refractivity contribution in [3.8, 4) is 0 Å². The third-order valence-electron chi connectivity index (χ3n) is 0.737. The number of rotatable bonds is 3. The monoisotopic (exact) mass is 113 g/mol. The molecule has 0 radical (unpaired) electrons. The molecule has 2 heteroatoms. The quantitative estimate of drug-likeness (QED) is 0.541. The fourth-order valence-corrected chi connectivity index (χ4v) is 0.366. The van der Waals surface area contributed by atoms with E-state index in [0.717, 1.165) is 12.8 Å². The van der Waals surface area contributed by atoms with Crippen LogP contribution < -0.4 is 5.73 Å². The van der Waals surface area contributed by atoms with Crippen LogP contribution in [0, 0.1) is 0 Å². The van der Waals surface area contributed by atoms with Crippen LogP contribution in [0.3, 0.4) is 0 Å². The highest BCUT2D eigenvalue weighted by atomic mass is 16.1. The van der Waals surface area contributed by atoms with Crippen molar-refractivity contribution < 1.29 is 4.79 Å². The first-order chi connectivity index (χ1) is 3.77. The third kappa shape index (κ3) is 5.21. The van der Waals surface area contributed by atoms with E-state index in [2.05, 4.69) is 0 Å². The van der Waals surface area contributed by atoms with E-state index < -0.39 is 0 Å². The van der Waals surface area contributed by atoms with Crippen molar-refractivity contribution in [2.75, 3.05) is 0 Å². The van der Waals surface area contributed by atoms with Crippen molar-refractivity contribution in [3.63, 3.8) is 0 Å². The van der Waals surface area contributed by atoms with Crippen LogP contribution in [0.15, 0.2) is 12.2 Å². The summed E-state index contributed by atoms with van der Waals surface area (Å²) in [5, 5.41) is 0. The number of primary amides is 1. The zero-order chi connectivity index (χ0) is 6.41. The molecule has 0 unspecified atom stereocenters. The lowest BCUT2D eigenvalue weighted by atomic mass is 10.3. The van der Waals surface area contributed by atoms with Gasteiger partial charge in [-0.25, -0.2) is 0 Å². The first-order valence-electron chi connectivity index (χ1n) is 2.73. The highest BCUT2D eigenvalue weighted by Crippen LogP contribution is 1.86. The van der Waals surface area contributed by atoms with Crippen LogP contribution in [-0.2, 0) is 4.79 Å². The lowest BCUT2D eigenvalue weighted by Crippen LogP contribution is -2.05. The van der Waals surface area contributed by atoms with Gasteiger partial charge in [0.15, 0.2) is 0 Å². The molecule has 0 rings (SSSR count). The van der Waals surface area contributed by atoms with Gasteiger partial charge < -0.3 is 5.73 Å². The Kier molecular flexibility index (Phi) is 3.94. The smallest absolute Gasteiger partial charge is 0.241 e. The molecule has 0 saturated heterocycles. The summed E-state index contributed by atoms with van der Waals surface area (Å²) in [5.41, 5.74) is 4.81. The highest BCUT2D eigenvalue weighted by molar-refractivity contribution is 5.85. The fourth-order valence-electron chi connectivity index (χ4n) is 0.366. The predicted octanol–water partition coefficient (Wildman–Crippen LogP) is 0.828. The summed E-state index contributed by atoms with van der Waals surface area (Å²) in [4.78, 5) is 10.0. The Hall–Kier alpha value is -0.790.